The summed E-state index contributed by atoms with van der Waals surface area (Å²) in [5, 5.41) is 0.390. The smallest absolute Gasteiger partial charge is 0.136 e. The van der Waals surface area contributed by atoms with Gasteiger partial charge in [-0.3, -0.25) is 0 Å². The van der Waals surface area contributed by atoms with E-state index in [1.54, 1.807) is 18.2 Å². The molecule has 0 bridgehead atoms. The Morgan fingerprint density at radius 3 is 2.70 bits per heavy atom. The molecule has 0 fully saturated rings. The number of hydrogen-bond acceptors (Lipinski definition) is 1. The first-order valence-corrected chi connectivity index (χ1v) is 4.30. The molecule has 0 aliphatic heterocycles. The lowest BCUT2D eigenvalue weighted by Gasteiger charge is -1.96. The zero-order chi connectivity index (χ0) is 7.40. The summed E-state index contributed by atoms with van der Waals surface area (Å²) in [4.78, 5) is 0.609. The van der Waals surface area contributed by atoms with E-state index in [0.29, 0.717) is 10.1 Å². The van der Waals surface area contributed by atoms with Crippen LogP contribution in [-0.4, -0.2) is 5.21 Å². The molecule has 0 amide bonds. The molecule has 1 aromatic carbocycles. The number of hydrogen-bond donors (Lipinski definition) is 0. The molecule has 1 rings (SSSR count). The molecule has 0 aromatic heterocycles. The summed E-state index contributed by atoms with van der Waals surface area (Å²) < 4.78 is 12.7. The molecule has 0 atom stereocenters. The van der Waals surface area contributed by atoms with Gasteiger partial charge in [0.25, 0.3) is 0 Å². The lowest BCUT2D eigenvalue weighted by molar-refractivity contribution is 0.602. The van der Waals surface area contributed by atoms with Crippen LogP contribution < -0.4 is 0 Å². The lowest BCUT2D eigenvalue weighted by Crippen LogP contribution is -1.77. The highest BCUT2D eigenvalue weighted by atomic mass is 35.5. The Morgan fingerprint density at radius 2 is 2.10 bits per heavy atom. The van der Waals surface area contributed by atoms with Crippen LogP contribution >= 0.6 is 23.4 Å². The van der Waals surface area contributed by atoms with Crippen molar-refractivity contribution in [2.75, 3.05) is 5.21 Å². The Morgan fingerprint density at radius 1 is 1.40 bits per heavy atom. The van der Waals surface area contributed by atoms with Crippen LogP contribution in [0.4, 0.5) is 4.39 Å². The van der Waals surface area contributed by atoms with E-state index >= 15 is 0 Å². The van der Waals surface area contributed by atoms with E-state index in [9.17, 15) is 4.39 Å². The molecule has 0 nitrogen and oxygen atoms in total. The first-order chi connectivity index (χ1) is 4.84. The Balaban J connectivity index is 2.81. The summed E-state index contributed by atoms with van der Waals surface area (Å²) in [5.41, 5.74) is 0. The minimum atomic E-state index is -0.201. The van der Waals surface area contributed by atoms with Crippen LogP contribution in [0, 0.1) is 5.82 Å². The van der Waals surface area contributed by atoms with Gasteiger partial charge < -0.3 is 0 Å². The number of alkyl halides is 1. The van der Waals surface area contributed by atoms with E-state index in [1.165, 1.54) is 17.8 Å². The molecular weight excluding hydrogens is 171 g/mol. The molecule has 0 aliphatic rings. The van der Waals surface area contributed by atoms with Crippen molar-refractivity contribution < 1.29 is 4.39 Å². The number of halogens is 2. The van der Waals surface area contributed by atoms with E-state index < -0.39 is 0 Å². The second-order valence-corrected chi connectivity index (χ2v) is 3.29. The van der Waals surface area contributed by atoms with Gasteiger partial charge in [0.15, 0.2) is 0 Å². The van der Waals surface area contributed by atoms with E-state index in [1.807, 2.05) is 0 Å². The SMILES string of the molecule is Fc1ccccc1SCCl. The number of benzene rings is 1. The monoisotopic (exact) mass is 176 g/mol. The summed E-state index contributed by atoms with van der Waals surface area (Å²) >= 11 is 6.70. The van der Waals surface area contributed by atoms with Crippen LogP contribution in [0.5, 0.6) is 0 Å². The van der Waals surface area contributed by atoms with Crippen molar-refractivity contribution in [2.45, 2.75) is 4.90 Å². The van der Waals surface area contributed by atoms with Gasteiger partial charge in [-0.25, -0.2) is 4.39 Å². The van der Waals surface area contributed by atoms with Gasteiger partial charge in [0.1, 0.15) is 5.82 Å². The van der Waals surface area contributed by atoms with Crippen molar-refractivity contribution in [2.24, 2.45) is 0 Å². The molecule has 0 spiro atoms. The number of rotatable bonds is 2. The molecular formula is C7H6ClFS. The molecule has 0 aliphatic carbocycles. The van der Waals surface area contributed by atoms with E-state index in [2.05, 4.69) is 0 Å². The average molecular weight is 177 g/mol. The van der Waals surface area contributed by atoms with Gasteiger partial charge in [0.2, 0.25) is 0 Å². The third-order valence-corrected chi connectivity index (χ3v) is 2.13. The molecule has 1 aromatic rings. The Hall–Kier alpha value is -0.210. The molecule has 0 saturated carbocycles. The zero-order valence-electron chi connectivity index (χ0n) is 5.18. The molecule has 0 N–H and O–H groups in total. The highest BCUT2D eigenvalue weighted by molar-refractivity contribution is 8.00. The molecule has 10 heavy (non-hydrogen) atoms. The number of thioether (sulfide) groups is 1. The fourth-order valence-electron chi connectivity index (χ4n) is 0.621. The second-order valence-electron chi connectivity index (χ2n) is 1.68. The van der Waals surface area contributed by atoms with Crippen LogP contribution in [0.1, 0.15) is 0 Å². The lowest BCUT2D eigenvalue weighted by atomic mass is 10.4. The largest absolute Gasteiger partial charge is 0.206 e. The topological polar surface area (TPSA) is 0 Å². The van der Waals surface area contributed by atoms with Crippen LogP contribution in [0.3, 0.4) is 0 Å². The van der Waals surface area contributed by atoms with Crippen molar-refractivity contribution >= 4 is 23.4 Å². The maximum atomic E-state index is 12.7. The fraction of sp³-hybridized carbons (Fsp3) is 0.143. The maximum Gasteiger partial charge on any atom is 0.136 e. The van der Waals surface area contributed by atoms with Crippen LogP contribution in [0.15, 0.2) is 29.2 Å². The summed E-state index contributed by atoms with van der Waals surface area (Å²) in [5.74, 6) is -0.201. The molecule has 0 radical (unpaired) electrons. The third-order valence-electron chi connectivity index (χ3n) is 1.05. The molecule has 3 heteroatoms. The predicted octanol–water partition coefficient (Wildman–Crippen LogP) is 3.11. The zero-order valence-corrected chi connectivity index (χ0v) is 6.75. The van der Waals surface area contributed by atoms with Gasteiger partial charge in [-0.1, -0.05) is 12.1 Å². The molecule has 0 heterocycles. The van der Waals surface area contributed by atoms with Crippen molar-refractivity contribution in [1.82, 2.24) is 0 Å². The Labute approximate surface area is 68.4 Å². The quantitative estimate of drug-likeness (QED) is 0.493. The fourth-order valence-corrected chi connectivity index (χ4v) is 1.47. The van der Waals surface area contributed by atoms with E-state index in [0.717, 1.165) is 0 Å². The van der Waals surface area contributed by atoms with Crippen LogP contribution in [0.25, 0.3) is 0 Å². The second kappa shape index (κ2) is 3.84. The van der Waals surface area contributed by atoms with E-state index in [4.69, 9.17) is 11.6 Å². The molecule has 54 valence electrons. The van der Waals surface area contributed by atoms with Crippen LogP contribution in [0.2, 0.25) is 0 Å². The predicted molar refractivity (Wildman–Crippen MR) is 43.0 cm³/mol. The summed E-state index contributed by atoms with van der Waals surface area (Å²) in [6, 6.07) is 6.59. The Kier molecular flexibility index (Phi) is 3.03. The highest BCUT2D eigenvalue weighted by Gasteiger charge is 1.97. The standard InChI is InChI=1S/C7H6ClFS/c8-5-10-7-4-2-1-3-6(7)9/h1-4H,5H2. The molecule has 0 unspecified atom stereocenters. The van der Waals surface area contributed by atoms with Gasteiger partial charge in [-0.15, -0.1) is 23.4 Å². The van der Waals surface area contributed by atoms with Gasteiger partial charge in [-0.05, 0) is 12.1 Å². The van der Waals surface area contributed by atoms with Crippen molar-refractivity contribution in [3.63, 3.8) is 0 Å². The minimum Gasteiger partial charge on any atom is -0.206 e. The van der Waals surface area contributed by atoms with Crippen molar-refractivity contribution in [3.8, 4) is 0 Å². The van der Waals surface area contributed by atoms with Gasteiger partial charge in [0, 0.05) is 4.90 Å². The minimum absolute atomic E-state index is 0.201. The normalized spacial score (nSPS) is 9.80. The van der Waals surface area contributed by atoms with Crippen LogP contribution in [-0.2, 0) is 0 Å². The molecule has 0 saturated heterocycles. The van der Waals surface area contributed by atoms with Gasteiger partial charge in [0.05, 0.1) is 5.21 Å². The third kappa shape index (κ3) is 1.89. The van der Waals surface area contributed by atoms with Gasteiger partial charge >= 0.3 is 0 Å². The first kappa shape index (κ1) is 7.89. The van der Waals surface area contributed by atoms with E-state index in [-0.39, 0.29) is 5.82 Å². The first-order valence-electron chi connectivity index (χ1n) is 2.78. The average Bonchev–Trinajstić information content (AvgIpc) is 1.94. The summed E-state index contributed by atoms with van der Waals surface area (Å²) in [7, 11) is 0. The maximum absolute atomic E-state index is 12.7. The highest BCUT2D eigenvalue weighted by Crippen LogP contribution is 2.21. The summed E-state index contributed by atoms with van der Waals surface area (Å²) in [6.45, 7) is 0. The van der Waals surface area contributed by atoms with Crippen molar-refractivity contribution in [1.29, 1.82) is 0 Å². The van der Waals surface area contributed by atoms with Gasteiger partial charge in [-0.2, -0.15) is 0 Å². The summed E-state index contributed by atoms with van der Waals surface area (Å²) in [6.07, 6.45) is 0. The van der Waals surface area contributed by atoms with Crippen molar-refractivity contribution in [3.05, 3.63) is 30.1 Å². The Bertz CT molecular complexity index is 215.